The maximum Gasteiger partial charge on any atom is 0.316 e. The molecule has 0 spiro atoms. The van der Waals surface area contributed by atoms with Crippen molar-refractivity contribution < 1.29 is 4.79 Å². The molecule has 2 heterocycles. The van der Waals surface area contributed by atoms with Crippen molar-refractivity contribution in [1.29, 1.82) is 0 Å². The molecule has 2 N–H and O–H groups in total. The van der Waals surface area contributed by atoms with Gasteiger partial charge in [0, 0.05) is 17.0 Å². The van der Waals surface area contributed by atoms with Crippen molar-refractivity contribution in [3.05, 3.63) is 66.4 Å². The smallest absolute Gasteiger partial charge is 0.316 e. The SMILES string of the molecule is CCn1c(=O)c(=O)[nH]c2cc(C(=O)NCc3sccc3C)ccc21. The van der Waals surface area contributed by atoms with E-state index in [1.807, 2.05) is 18.4 Å². The lowest BCUT2D eigenvalue weighted by atomic mass is 10.1. The highest BCUT2D eigenvalue weighted by molar-refractivity contribution is 7.10. The van der Waals surface area contributed by atoms with Crippen molar-refractivity contribution >= 4 is 28.3 Å². The maximum atomic E-state index is 12.3. The van der Waals surface area contributed by atoms with Crippen molar-refractivity contribution in [2.75, 3.05) is 0 Å². The monoisotopic (exact) mass is 343 g/mol. The summed E-state index contributed by atoms with van der Waals surface area (Å²) in [5, 5.41) is 4.86. The minimum absolute atomic E-state index is 0.222. The summed E-state index contributed by atoms with van der Waals surface area (Å²) in [6, 6.07) is 6.94. The number of benzene rings is 1. The van der Waals surface area contributed by atoms with E-state index in [2.05, 4.69) is 10.3 Å². The summed E-state index contributed by atoms with van der Waals surface area (Å²) in [4.78, 5) is 39.5. The van der Waals surface area contributed by atoms with E-state index in [1.165, 1.54) is 4.57 Å². The zero-order chi connectivity index (χ0) is 17.3. The number of thiophene rings is 1. The molecule has 0 radical (unpaired) electrons. The molecule has 3 aromatic rings. The zero-order valence-electron chi connectivity index (χ0n) is 13.4. The lowest BCUT2D eigenvalue weighted by Gasteiger charge is -2.09. The lowest BCUT2D eigenvalue weighted by Crippen LogP contribution is -2.36. The van der Waals surface area contributed by atoms with Gasteiger partial charge in [0.25, 0.3) is 5.91 Å². The third-order valence-electron chi connectivity index (χ3n) is 3.93. The number of carbonyl (C=O) groups excluding carboxylic acids is 1. The van der Waals surface area contributed by atoms with Gasteiger partial charge in [-0.25, -0.2) is 0 Å². The molecule has 1 aromatic carbocycles. The van der Waals surface area contributed by atoms with Crippen molar-refractivity contribution in [3.63, 3.8) is 0 Å². The molecular weight excluding hydrogens is 326 g/mol. The highest BCUT2D eigenvalue weighted by atomic mass is 32.1. The zero-order valence-corrected chi connectivity index (χ0v) is 14.2. The normalized spacial score (nSPS) is 10.9. The number of nitrogens with one attached hydrogen (secondary N) is 2. The molecule has 124 valence electrons. The van der Waals surface area contributed by atoms with Gasteiger partial charge < -0.3 is 14.9 Å². The minimum atomic E-state index is -0.684. The summed E-state index contributed by atoms with van der Waals surface area (Å²) in [6.45, 7) is 4.65. The molecule has 0 atom stereocenters. The van der Waals surface area contributed by atoms with Crippen LogP contribution in [0.3, 0.4) is 0 Å². The molecule has 2 aromatic heterocycles. The molecular formula is C17H17N3O3S. The van der Waals surface area contributed by atoms with E-state index in [4.69, 9.17) is 0 Å². The van der Waals surface area contributed by atoms with Crippen molar-refractivity contribution in [2.45, 2.75) is 26.9 Å². The molecule has 0 saturated heterocycles. The Balaban J connectivity index is 1.91. The molecule has 0 fully saturated rings. The van der Waals surface area contributed by atoms with Crippen molar-refractivity contribution in [3.8, 4) is 0 Å². The molecule has 0 aliphatic heterocycles. The molecule has 7 heteroatoms. The highest BCUT2D eigenvalue weighted by Gasteiger charge is 2.11. The van der Waals surface area contributed by atoms with E-state index in [1.54, 1.807) is 36.5 Å². The van der Waals surface area contributed by atoms with Gasteiger partial charge in [0.2, 0.25) is 0 Å². The molecule has 24 heavy (non-hydrogen) atoms. The van der Waals surface area contributed by atoms with Crippen LogP contribution in [0.15, 0.2) is 39.2 Å². The largest absolute Gasteiger partial charge is 0.347 e. The average Bonchev–Trinajstić information content (AvgIpc) is 2.98. The molecule has 0 unspecified atom stereocenters. The number of hydrogen-bond donors (Lipinski definition) is 2. The first-order valence-corrected chi connectivity index (χ1v) is 8.47. The van der Waals surface area contributed by atoms with E-state index in [0.29, 0.717) is 29.7 Å². The molecule has 1 amide bonds. The molecule has 6 nitrogen and oxygen atoms in total. The van der Waals surface area contributed by atoms with E-state index in [-0.39, 0.29) is 5.91 Å². The number of H-pyrrole nitrogens is 1. The van der Waals surface area contributed by atoms with Crippen LogP contribution in [0, 0.1) is 6.92 Å². The third-order valence-corrected chi connectivity index (χ3v) is 4.95. The summed E-state index contributed by atoms with van der Waals surface area (Å²) in [5.41, 5.74) is 1.39. The topological polar surface area (TPSA) is 84.0 Å². The van der Waals surface area contributed by atoms with Crippen LogP contribution in [0.1, 0.15) is 27.7 Å². The minimum Gasteiger partial charge on any atom is -0.347 e. The Morgan fingerprint density at radius 3 is 2.75 bits per heavy atom. The first kappa shape index (κ1) is 16.2. The van der Waals surface area contributed by atoms with Gasteiger partial charge in [-0.2, -0.15) is 0 Å². The second kappa shape index (κ2) is 6.45. The molecule has 3 rings (SSSR count). The number of rotatable bonds is 4. The standard InChI is InChI=1S/C17H17N3O3S/c1-3-20-13-5-4-11(8-12(13)19-16(22)17(20)23)15(21)18-9-14-10(2)6-7-24-14/h4-8H,3,9H2,1-2H3,(H,18,21)(H,19,22). The Hall–Kier alpha value is -2.67. The van der Waals surface area contributed by atoms with Gasteiger partial charge in [0.15, 0.2) is 0 Å². The number of nitrogens with zero attached hydrogens (tertiary/aromatic N) is 1. The predicted octanol–water partition coefficient (Wildman–Crippen LogP) is 2.01. The Kier molecular flexibility index (Phi) is 4.35. The summed E-state index contributed by atoms with van der Waals surface area (Å²) < 4.78 is 1.39. The fraction of sp³-hybridized carbons (Fsp3) is 0.235. The van der Waals surface area contributed by atoms with E-state index in [9.17, 15) is 14.4 Å². The van der Waals surface area contributed by atoms with E-state index in [0.717, 1.165) is 10.4 Å². The predicted molar refractivity (Wildman–Crippen MR) is 94.7 cm³/mol. The van der Waals surface area contributed by atoms with Crippen molar-refractivity contribution in [2.24, 2.45) is 0 Å². The van der Waals surface area contributed by atoms with Gasteiger partial charge in [0.05, 0.1) is 17.6 Å². The van der Waals surface area contributed by atoms with Crippen LogP contribution < -0.4 is 16.4 Å². The number of fused-ring (bicyclic) bond motifs is 1. The number of aromatic amines is 1. The van der Waals surface area contributed by atoms with Gasteiger partial charge in [-0.1, -0.05) is 0 Å². The maximum absolute atomic E-state index is 12.3. The average molecular weight is 343 g/mol. The van der Waals surface area contributed by atoms with Crippen LogP contribution in [0.4, 0.5) is 0 Å². The van der Waals surface area contributed by atoms with E-state index >= 15 is 0 Å². The van der Waals surface area contributed by atoms with Crippen LogP contribution >= 0.6 is 11.3 Å². The molecule has 0 aliphatic carbocycles. The Bertz CT molecular complexity index is 1030. The van der Waals surface area contributed by atoms with Crippen LogP contribution in [0.2, 0.25) is 0 Å². The first-order chi connectivity index (χ1) is 11.5. The number of amides is 1. The van der Waals surface area contributed by atoms with Crippen LogP contribution in [-0.2, 0) is 13.1 Å². The Morgan fingerprint density at radius 2 is 2.08 bits per heavy atom. The number of hydrogen-bond acceptors (Lipinski definition) is 4. The van der Waals surface area contributed by atoms with Gasteiger partial charge in [-0.05, 0) is 49.1 Å². The van der Waals surface area contributed by atoms with Crippen LogP contribution in [-0.4, -0.2) is 15.5 Å². The summed E-state index contributed by atoms with van der Waals surface area (Å²) in [5.74, 6) is -0.222. The molecule has 0 aliphatic rings. The summed E-state index contributed by atoms with van der Waals surface area (Å²) in [6.07, 6.45) is 0. The van der Waals surface area contributed by atoms with Gasteiger partial charge in [-0.3, -0.25) is 14.4 Å². The number of aromatic nitrogens is 2. The first-order valence-electron chi connectivity index (χ1n) is 7.59. The Morgan fingerprint density at radius 1 is 1.29 bits per heavy atom. The van der Waals surface area contributed by atoms with Crippen molar-refractivity contribution in [1.82, 2.24) is 14.9 Å². The molecule has 0 saturated carbocycles. The second-order valence-electron chi connectivity index (χ2n) is 5.44. The fourth-order valence-electron chi connectivity index (χ4n) is 2.58. The quantitative estimate of drug-likeness (QED) is 0.711. The lowest BCUT2D eigenvalue weighted by molar-refractivity contribution is 0.0951. The third kappa shape index (κ3) is 2.90. The van der Waals surface area contributed by atoms with E-state index < -0.39 is 11.1 Å². The second-order valence-corrected chi connectivity index (χ2v) is 6.45. The van der Waals surface area contributed by atoms with Crippen LogP contribution in [0.25, 0.3) is 11.0 Å². The number of carbonyl (C=O) groups is 1. The van der Waals surface area contributed by atoms with Crippen LogP contribution in [0.5, 0.6) is 0 Å². The summed E-state index contributed by atoms with van der Waals surface area (Å²) in [7, 11) is 0. The highest BCUT2D eigenvalue weighted by Crippen LogP contribution is 2.16. The Labute approximate surface area is 141 Å². The summed E-state index contributed by atoms with van der Waals surface area (Å²) >= 11 is 1.60. The number of aryl methyl sites for hydroxylation is 2. The van der Waals surface area contributed by atoms with Gasteiger partial charge in [0.1, 0.15) is 0 Å². The van der Waals surface area contributed by atoms with Gasteiger partial charge >= 0.3 is 11.1 Å². The fourth-order valence-corrected chi connectivity index (χ4v) is 3.43. The molecule has 0 bridgehead atoms. The van der Waals surface area contributed by atoms with Gasteiger partial charge in [-0.15, -0.1) is 11.3 Å².